The molecule has 9 heteroatoms. The number of urea groups is 1. The number of carbonyl (C=O) groups is 1. The van der Waals surface area contributed by atoms with E-state index >= 15 is 0 Å². The summed E-state index contributed by atoms with van der Waals surface area (Å²) in [5.41, 5.74) is 9.68. The minimum atomic E-state index is -0.117. The second-order valence-corrected chi connectivity index (χ2v) is 7.91. The predicted octanol–water partition coefficient (Wildman–Crippen LogP) is 2.98. The van der Waals surface area contributed by atoms with Crippen molar-refractivity contribution in [2.75, 3.05) is 11.1 Å². The fourth-order valence-corrected chi connectivity index (χ4v) is 3.86. The topological polar surface area (TPSA) is 134 Å². The maximum absolute atomic E-state index is 12.3. The smallest absolute Gasteiger partial charge is 0.315 e. The molecule has 6 N–H and O–H groups in total. The number of benzene rings is 1. The SMILES string of the molecule is Cc1ccccc1CNC(=O)NC1CCC(Nc2nccc(-c3cn[nH]c3N)n2)CC1. The number of aromatic amines is 1. The van der Waals surface area contributed by atoms with Crippen molar-refractivity contribution in [3.05, 3.63) is 53.9 Å². The van der Waals surface area contributed by atoms with Crippen LogP contribution in [-0.4, -0.2) is 38.3 Å². The first-order valence-corrected chi connectivity index (χ1v) is 10.6. The van der Waals surface area contributed by atoms with E-state index in [2.05, 4.69) is 36.1 Å². The van der Waals surface area contributed by atoms with Crippen LogP contribution in [0.5, 0.6) is 0 Å². The van der Waals surface area contributed by atoms with Crippen molar-refractivity contribution in [3.8, 4) is 11.3 Å². The van der Waals surface area contributed by atoms with Crippen LogP contribution in [-0.2, 0) is 6.54 Å². The van der Waals surface area contributed by atoms with Gasteiger partial charge in [0.2, 0.25) is 5.95 Å². The fraction of sp³-hybridized carbons (Fsp3) is 0.364. The molecule has 162 valence electrons. The largest absolute Gasteiger partial charge is 0.384 e. The molecule has 1 aromatic carbocycles. The maximum atomic E-state index is 12.3. The Morgan fingerprint density at radius 2 is 1.94 bits per heavy atom. The summed E-state index contributed by atoms with van der Waals surface area (Å²) in [5.74, 6) is 1.06. The van der Waals surface area contributed by atoms with Crippen LogP contribution in [0.1, 0.15) is 36.8 Å². The highest BCUT2D eigenvalue weighted by molar-refractivity contribution is 5.74. The van der Waals surface area contributed by atoms with Crippen molar-refractivity contribution in [3.63, 3.8) is 0 Å². The van der Waals surface area contributed by atoms with Gasteiger partial charge in [0.1, 0.15) is 5.82 Å². The first kappa shape index (κ1) is 20.6. The van der Waals surface area contributed by atoms with Crippen molar-refractivity contribution in [1.82, 2.24) is 30.8 Å². The van der Waals surface area contributed by atoms with Crippen LogP contribution in [0.4, 0.5) is 16.6 Å². The molecule has 1 aliphatic rings. The Kier molecular flexibility index (Phi) is 6.30. The molecule has 1 aliphatic carbocycles. The van der Waals surface area contributed by atoms with Crippen LogP contribution in [0.3, 0.4) is 0 Å². The molecule has 2 amide bonds. The third-order valence-electron chi connectivity index (χ3n) is 5.70. The van der Waals surface area contributed by atoms with Gasteiger partial charge in [-0.15, -0.1) is 0 Å². The van der Waals surface area contributed by atoms with E-state index in [0.717, 1.165) is 42.5 Å². The van der Waals surface area contributed by atoms with Crippen molar-refractivity contribution in [2.45, 2.75) is 51.2 Å². The van der Waals surface area contributed by atoms with Gasteiger partial charge < -0.3 is 21.7 Å². The summed E-state index contributed by atoms with van der Waals surface area (Å²) >= 11 is 0. The van der Waals surface area contributed by atoms with E-state index in [0.29, 0.717) is 18.3 Å². The van der Waals surface area contributed by atoms with E-state index in [-0.39, 0.29) is 18.1 Å². The molecule has 31 heavy (non-hydrogen) atoms. The molecule has 1 saturated carbocycles. The van der Waals surface area contributed by atoms with E-state index in [4.69, 9.17) is 5.73 Å². The number of nitrogen functional groups attached to an aromatic ring is 1. The average Bonchev–Trinajstić information content (AvgIpc) is 3.21. The van der Waals surface area contributed by atoms with Gasteiger partial charge in [0.05, 0.1) is 17.5 Å². The number of hydrogen-bond acceptors (Lipinski definition) is 6. The Morgan fingerprint density at radius 1 is 1.16 bits per heavy atom. The van der Waals surface area contributed by atoms with Crippen LogP contribution < -0.4 is 21.7 Å². The Hall–Kier alpha value is -3.62. The molecule has 0 atom stereocenters. The molecule has 1 fully saturated rings. The standard InChI is InChI=1S/C22H28N8O/c1-14-4-2-3-5-15(14)12-25-22(31)28-17-8-6-16(7-9-17)27-21-24-11-10-19(29-21)18-13-26-30-20(18)23/h2-5,10-11,13,16-17H,6-9,12H2,1H3,(H3,23,26,30)(H,24,27,29)(H2,25,28,31). The lowest BCUT2D eigenvalue weighted by Crippen LogP contribution is -2.44. The number of nitrogens with one attached hydrogen (secondary N) is 4. The number of H-pyrrole nitrogens is 1. The number of hydrogen-bond donors (Lipinski definition) is 5. The number of aromatic nitrogens is 4. The van der Waals surface area contributed by atoms with Crippen molar-refractivity contribution >= 4 is 17.8 Å². The van der Waals surface area contributed by atoms with Gasteiger partial charge in [0.25, 0.3) is 0 Å². The van der Waals surface area contributed by atoms with Gasteiger partial charge in [0, 0.05) is 24.8 Å². The zero-order chi connectivity index (χ0) is 21.6. The highest BCUT2D eigenvalue weighted by Gasteiger charge is 2.23. The first-order valence-electron chi connectivity index (χ1n) is 10.6. The number of rotatable bonds is 6. The van der Waals surface area contributed by atoms with Crippen LogP contribution in [0.2, 0.25) is 0 Å². The van der Waals surface area contributed by atoms with Gasteiger partial charge in [0.15, 0.2) is 0 Å². The summed E-state index contributed by atoms with van der Waals surface area (Å²) in [5, 5.41) is 16.1. The molecular weight excluding hydrogens is 392 g/mol. The third-order valence-corrected chi connectivity index (χ3v) is 5.70. The molecule has 2 aromatic heterocycles. The van der Waals surface area contributed by atoms with Crippen LogP contribution in [0, 0.1) is 6.92 Å². The number of aryl methyl sites for hydroxylation is 1. The molecular formula is C22H28N8O. The molecule has 2 heterocycles. The minimum absolute atomic E-state index is 0.117. The predicted molar refractivity (Wildman–Crippen MR) is 120 cm³/mol. The molecule has 0 radical (unpaired) electrons. The van der Waals surface area contributed by atoms with E-state index < -0.39 is 0 Å². The summed E-state index contributed by atoms with van der Waals surface area (Å²) in [6.45, 7) is 2.58. The van der Waals surface area contributed by atoms with Gasteiger partial charge in [-0.3, -0.25) is 5.10 Å². The Labute approximate surface area is 181 Å². The van der Waals surface area contributed by atoms with Gasteiger partial charge in [-0.25, -0.2) is 14.8 Å². The third kappa shape index (κ3) is 5.30. The highest BCUT2D eigenvalue weighted by Crippen LogP contribution is 2.24. The molecule has 9 nitrogen and oxygen atoms in total. The summed E-state index contributed by atoms with van der Waals surface area (Å²) in [4.78, 5) is 21.2. The summed E-state index contributed by atoms with van der Waals surface area (Å²) in [6, 6.07) is 10.2. The Balaban J connectivity index is 1.23. The van der Waals surface area contributed by atoms with Gasteiger partial charge in [-0.1, -0.05) is 24.3 Å². The minimum Gasteiger partial charge on any atom is -0.384 e. The normalized spacial score (nSPS) is 18.4. The first-order chi connectivity index (χ1) is 15.1. The molecule has 0 unspecified atom stereocenters. The molecule has 0 bridgehead atoms. The summed E-state index contributed by atoms with van der Waals surface area (Å²) < 4.78 is 0. The highest BCUT2D eigenvalue weighted by atomic mass is 16.2. The van der Waals surface area contributed by atoms with Crippen LogP contribution >= 0.6 is 0 Å². The van der Waals surface area contributed by atoms with Crippen LogP contribution in [0.15, 0.2) is 42.7 Å². The fourth-order valence-electron chi connectivity index (χ4n) is 3.86. The number of anilines is 2. The van der Waals surface area contributed by atoms with Crippen molar-refractivity contribution in [2.24, 2.45) is 0 Å². The Morgan fingerprint density at radius 3 is 2.68 bits per heavy atom. The van der Waals surface area contributed by atoms with Crippen molar-refractivity contribution in [1.29, 1.82) is 0 Å². The summed E-state index contributed by atoms with van der Waals surface area (Å²) in [6.07, 6.45) is 7.05. The van der Waals surface area contributed by atoms with E-state index in [1.807, 2.05) is 37.3 Å². The lowest BCUT2D eigenvalue weighted by Gasteiger charge is -2.29. The van der Waals surface area contributed by atoms with Gasteiger partial charge in [-0.2, -0.15) is 5.10 Å². The van der Waals surface area contributed by atoms with Gasteiger partial charge in [-0.05, 0) is 49.8 Å². The molecule has 3 aromatic rings. The molecule has 0 aliphatic heterocycles. The van der Waals surface area contributed by atoms with E-state index in [9.17, 15) is 4.79 Å². The maximum Gasteiger partial charge on any atom is 0.315 e. The second kappa shape index (κ2) is 9.46. The molecule has 0 saturated heterocycles. The Bertz CT molecular complexity index is 1030. The lowest BCUT2D eigenvalue weighted by molar-refractivity contribution is 0.231. The monoisotopic (exact) mass is 420 g/mol. The number of nitrogens with zero attached hydrogens (tertiary/aromatic N) is 3. The van der Waals surface area contributed by atoms with E-state index in [1.165, 1.54) is 5.56 Å². The zero-order valence-corrected chi connectivity index (χ0v) is 17.6. The zero-order valence-electron chi connectivity index (χ0n) is 17.6. The van der Waals surface area contributed by atoms with Crippen LogP contribution in [0.25, 0.3) is 11.3 Å². The summed E-state index contributed by atoms with van der Waals surface area (Å²) in [7, 11) is 0. The number of nitrogens with two attached hydrogens (primary N) is 1. The van der Waals surface area contributed by atoms with Crippen molar-refractivity contribution < 1.29 is 4.79 Å². The lowest BCUT2D eigenvalue weighted by atomic mass is 9.91. The second-order valence-electron chi connectivity index (χ2n) is 7.91. The molecule has 4 rings (SSSR count). The molecule has 0 spiro atoms. The van der Waals surface area contributed by atoms with E-state index in [1.54, 1.807) is 12.4 Å². The number of carbonyl (C=O) groups excluding carboxylic acids is 1. The van der Waals surface area contributed by atoms with Gasteiger partial charge >= 0.3 is 6.03 Å². The quantitative estimate of drug-likeness (QED) is 0.416. The number of amides is 2. The average molecular weight is 421 g/mol.